The van der Waals surface area contributed by atoms with Crippen molar-refractivity contribution >= 4 is 11.3 Å². The molecule has 0 radical (unpaired) electrons. The third-order valence-electron chi connectivity index (χ3n) is 3.24. The fraction of sp³-hybridized carbons (Fsp3) is 0.727. The molecule has 0 aliphatic heterocycles. The standard InChI is InChI=1S/C11H19N3S/c12-5-9-3-1-2-4-11(9)13-6-10-7-15-8-14-10/h7-9,11,13H,1-6,12H2. The van der Waals surface area contributed by atoms with Gasteiger partial charge >= 0.3 is 0 Å². The quantitative estimate of drug-likeness (QED) is 0.821. The zero-order valence-corrected chi connectivity index (χ0v) is 9.80. The van der Waals surface area contributed by atoms with E-state index in [4.69, 9.17) is 5.73 Å². The van der Waals surface area contributed by atoms with E-state index in [0.717, 1.165) is 18.8 Å². The van der Waals surface area contributed by atoms with Gasteiger partial charge in [0, 0.05) is 18.0 Å². The lowest BCUT2D eigenvalue weighted by Crippen LogP contribution is -2.41. The summed E-state index contributed by atoms with van der Waals surface area (Å²) in [7, 11) is 0. The second-order valence-corrected chi connectivity index (χ2v) is 4.97. The molecule has 1 fully saturated rings. The summed E-state index contributed by atoms with van der Waals surface area (Å²) in [6, 6.07) is 0.602. The van der Waals surface area contributed by atoms with Crippen LogP contribution in [0.3, 0.4) is 0 Å². The molecule has 0 amide bonds. The highest BCUT2D eigenvalue weighted by molar-refractivity contribution is 7.07. The van der Waals surface area contributed by atoms with E-state index in [1.165, 1.54) is 25.7 Å². The Bertz CT molecular complexity index is 273. The maximum atomic E-state index is 5.79. The van der Waals surface area contributed by atoms with Crippen molar-refractivity contribution in [2.75, 3.05) is 6.54 Å². The second-order valence-electron chi connectivity index (χ2n) is 4.25. The van der Waals surface area contributed by atoms with Crippen molar-refractivity contribution in [3.8, 4) is 0 Å². The minimum atomic E-state index is 0.602. The van der Waals surface area contributed by atoms with Gasteiger partial charge < -0.3 is 11.1 Å². The average Bonchev–Trinajstić information content (AvgIpc) is 2.79. The van der Waals surface area contributed by atoms with Crippen molar-refractivity contribution in [1.29, 1.82) is 0 Å². The Kier molecular flexibility index (Phi) is 4.11. The van der Waals surface area contributed by atoms with E-state index in [1.807, 2.05) is 5.51 Å². The molecular formula is C11H19N3S. The molecule has 0 spiro atoms. The zero-order chi connectivity index (χ0) is 10.5. The predicted molar refractivity (Wildman–Crippen MR) is 63.8 cm³/mol. The van der Waals surface area contributed by atoms with E-state index in [-0.39, 0.29) is 0 Å². The summed E-state index contributed by atoms with van der Waals surface area (Å²) in [5, 5.41) is 5.69. The normalized spacial score (nSPS) is 26.7. The molecule has 1 aromatic heterocycles. The maximum Gasteiger partial charge on any atom is 0.0795 e. The first-order valence-electron chi connectivity index (χ1n) is 5.70. The van der Waals surface area contributed by atoms with Crippen molar-refractivity contribution in [3.63, 3.8) is 0 Å². The molecule has 1 aliphatic rings. The number of nitrogens with zero attached hydrogens (tertiary/aromatic N) is 1. The number of rotatable bonds is 4. The third-order valence-corrected chi connectivity index (χ3v) is 3.88. The Morgan fingerprint density at radius 2 is 2.33 bits per heavy atom. The zero-order valence-electron chi connectivity index (χ0n) is 8.98. The molecule has 1 heterocycles. The number of thiazole rings is 1. The summed E-state index contributed by atoms with van der Waals surface area (Å²) in [5.74, 6) is 0.664. The first-order valence-corrected chi connectivity index (χ1v) is 6.65. The molecule has 1 aliphatic carbocycles. The Labute approximate surface area is 95.1 Å². The molecule has 15 heavy (non-hydrogen) atoms. The lowest BCUT2D eigenvalue weighted by Gasteiger charge is -2.31. The van der Waals surface area contributed by atoms with Gasteiger partial charge in [0.2, 0.25) is 0 Å². The topological polar surface area (TPSA) is 50.9 Å². The summed E-state index contributed by atoms with van der Waals surface area (Å²) in [4.78, 5) is 4.28. The molecule has 4 heteroatoms. The largest absolute Gasteiger partial charge is 0.330 e. The van der Waals surface area contributed by atoms with Gasteiger partial charge in [0.05, 0.1) is 11.2 Å². The van der Waals surface area contributed by atoms with E-state index >= 15 is 0 Å². The number of aromatic nitrogens is 1. The van der Waals surface area contributed by atoms with Gasteiger partial charge in [-0.15, -0.1) is 11.3 Å². The molecule has 2 atom stereocenters. The molecule has 3 N–H and O–H groups in total. The van der Waals surface area contributed by atoms with Gasteiger partial charge in [-0.25, -0.2) is 4.98 Å². The Hall–Kier alpha value is -0.450. The fourth-order valence-electron chi connectivity index (χ4n) is 2.32. The first-order chi connectivity index (χ1) is 7.40. The van der Waals surface area contributed by atoms with Gasteiger partial charge in [0.25, 0.3) is 0 Å². The van der Waals surface area contributed by atoms with Gasteiger partial charge in [-0.2, -0.15) is 0 Å². The molecule has 0 aromatic carbocycles. The Morgan fingerprint density at radius 3 is 3.07 bits per heavy atom. The van der Waals surface area contributed by atoms with Crippen LogP contribution < -0.4 is 11.1 Å². The molecule has 0 bridgehead atoms. The first kappa shape index (κ1) is 11.0. The minimum Gasteiger partial charge on any atom is -0.330 e. The van der Waals surface area contributed by atoms with E-state index in [9.17, 15) is 0 Å². The monoisotopic (exact) mass is 225 g/mol. The summed E-state index contributed by atoms with van der Waals surface area (Å²) in [6.07, 6.45) is 5.24. The second kappa shape index (κ2) is 5.58. The summed E-state index contributed by atoms with van der Waals surface area (Å²) < 4.78 is 0. The molecule has 3 nitrogen and oxygen atoms in total. The van der Waals surface area contributed by atoms with Crippen molar-refractivity contribution in [1.82, 2.24) is 10.3 Å². The van der Waals surface area contributed by atoms with Crippen LogP contribution in [0, 0.1) is 5.92 Å². The van der Waals surface area contributed by atoms with Crippen LogP contribution in [0.15, 0.2) is 10.9 Å². The number of hydrogen-bond acceptors (Lipinski definition) is 4. The van der Waals surface area contributed by atoms with Gasteiger partial charge in [-0.3, -0.25) is 0 Å². The van der Waals surface area contributed by atoms with Crippen LogP contribution in [0.5, 0.6) is 0 Å². The highest BCUT2D eigenvalue weighted by Crippen LogP contribution is 2.23. The highest BCUT2D eigenvalue weighted by Gasteiger charge is 2.23. The number of nitrogens with one attached hydrogen (secondary N) is 1. The van der Waals surface area contributed by atoms with Gasteiger partial charge in [0.1, 0.15) is 0 Å². The van der Waals surface area contributed by atoms with Gasteiger partial charge in [0.15, 0.2) is 0 Å². The third kappa shape index (κ3) is 3.00. The van der Waals surface area contributed by atoms with E-state index < -0.39 is 0 Å². The smallest absolute Gasteiger partial charge is 0.0795 e. The molecule has 1 saturated carbocycles. The van der Waals surface area contributed by atoms with E-state index in [2.05, 4.69) is 15.7 Å². The fourth-order valence-corrected chi connectivity index (χ4v) is 2.88. The molecule has 1 aromatic rings. The van der Waals surface area contributed by atoms with Gasteiger partial charge in [-0.05, 0) is 25.3 Å². The number of nitrogens with two attached hydrogens (primary N) is 1. The molecule has 2 unspecified atom stereocenters. The summed E-state index contributed by atoms with van der Waals surface area (Å²) in [6.45, 7) is 1.71. The predicted octanol–water partition coefficient (Wildman–Crippen LogP) is 1.75. The maximum absolute atomic E-state index is 5.79. The Balaban J connectivity index is 1.81. The summed E-state index contributed by atoms with van der Waals surface area (Å²) in [5.41, 5.74) is 8.83. The molecule has 0 saturated heterocycles. The van der Waals surface area contributed by atoms with Crippen LogP contribution in [-0.4, -0.2) is 17.6 Å². The van der Waals surface area contributed by atoms with Crippen molar-refractivity contribution in [2.24, 2.45) is 11.7 Å². The summed E-state index contributed by atoms with van der Waals surface area (Å²) >= 11 is 1.66. The van der Waals surface area contributed by atoms with E-state index in [1.54, 1.807) is 11.3 Å². The van der Waals surface area contributed by atoms with Crippen molar-refractivity contribution in [3.05, 3.63) is 16.6 Å². The highest BCUT2D eigenvalue weighted by atomic mass is 32.1. The Morgan fingerprint density at radius 1 is 1.47 bits per heavy atom. The van der Waals surface area contributed by atoms with Crippen molar-refractivity contribution < 1.29 is 0 Å². The lowest BCUT2D eigenvalue weighted by molar-refractivity contribution is 0.266. The lowest BCUT2D eigenvalue weighted by atomic mass is 9.84. The molecular weight excluding hydrogens is 206 g/mol. The van der Waals surface area contributed by atoms with Crippen LogP contribution >= 0.6 is 11.3 Å². The average molecular weight is 225 g/mol. The van der Waals surface area contributed by atoms with Crippen LogP contribution in [0.4, 0.5) is 0 Å². The SMILES string of the molecule is NCC1CCCCC1NCc1cscn1. The minimum absolute atomic E-state index is 0.602. The van der Waals surface area contributed by atoms with Crippen molar-refractivity contribution in [2.45, 2.75) is 38.3 Å². The molecule has 2 rings (SSSR count). The van der Waals surface area contributed by atoms with Gasteiger partial charge in [-0.1, -0.05) is 12.8 Å². The van der Waals surface area contributed by atoms with Crippen LogP contribution in [0.2, 0.25) is 0 Å². The molecule has 84 valence electrons. The van der Waals surface area contributed by atoms with Crippen LogP contribution in [0.1, 0.15) is 31.4 Å². The van der Waals surface area contributed by atoms with Crippen LogP contribution in [0.25, 0.3) is 0 Å². The number of hydrogen-bond donors (Lipinski definition) is 2. The van der Waals surface area contributed by atoms with Crippen LogP contribution in [-0.2, 0) is 6.54 Å². The van der Waals surface area contributed by atoms with E-state index in [0.29, 0.717) is 12.0 Å².